The normalized spacial score (nSPS) is 15.4. The van der Waals surface area contributed by atoms with Crippen molar-refractivity contribution in [2.75, 3.05) is 22.2 Å². The summed E-state index contributed by atoms with van der Waals surface area (Å²) in [7, 11) is 0. The molecule has 0 aliphatic heterocycles. The van der Waals surface area contributed by atoms with E-state index >= 15 is 0 Å². The molecule has 0 saturated heterocycles. The van der Waals surface area contributed by atoms with Gasteiger partial charge < -0.3 is 30.9 Å². The van der Waals surface area contributed by atoms with Crippen molar-refractivity contribution in [2.24, 2.45) is 0 Å². The number of aromatic nitrogens is 21. The van der Waals surface area contributed by atoms with Gasteiger partial charge in [0.2, 0.25) is 17.8 Å². The summed E-state index contributed by atoms with van der Waals surface area (Å²) in [6.45, 7) is 12.2. The van der Waals surface area contributed by atoms with Crippen LogP contribution in [0.4, 0.5) is 34.9 Å². The third-order valence-corrected chi connectivity index (χ3v) is 15.7. The summed E-state index contributed by atoms with van der Waals surface area (Å²) in [5.41, 5.74) is 11.0. The van der Waals surface area contributed by atoms with E-state index in [1.54, 1.807) is 51.1 Å². The Hall–Kier alpha value is -10.8. The molecule has 500 valence electrons. The lowest BCUT2D eigenvalue weighted by molar-refractivity contribution is -0.120. The van der Waals surface area contributed by atoms with E-state index in [0.29, 0.717) is 88.2 Å². The highest BCUT2D eigenvalue weighted by Gasteiger charge is 2.33. The number of hydrogen-bond donors (Lipinski definition) is 6. The van der Waals surface area contributed by atoms with E-state index in [9.17, 15) is 31.4 Å². The number of nitrogens with one attached hydrogen (secondary N) is 6. The minimum atomic E-state index is -0.496. The second-order valence-corrected chi connectivity index (χ2v) is 23.3. The molecule has 27 nitrogen and oxygen atoms in total. The maximum atomic E-state index is 13.7. The lowest BCUT2D eigenvalue weighted by Crippen LogP contribution is -2.38. The average Bonchev–Trinajstić information content (AvgIpc) is 1.72. The van der Waals surface area contributed by atoms with Crippen molar-refractivity contribution >= 4 is 64.3 Å². The first-order chi connectivity index (χ1) is 44.9. The van der Waals surface area contributed by atoms with Gasteiger partial charge in [-0.15, -0.1) is 0 Å². The minimum absolute atomic E-state index is 0. The summed E-state index contributed by atoms with van der Waals surface area (Å²) in [4.78, 5) is 99.1. The van der Waals surface area contributed by atoms with Crippen molar-refractivity contribution in [3.63, 3.8) is 0 Å². The Morgan fingerprint density at radius 1 is 0.448 bits per heavy atom. The Morgan fingerprint density at radius 2 is 0.719 bits per heavy atom. The predicted molar refractivity (Wildman–Crippen MR) is 354 cm³/mol. The van der Waals surface area contributed by atoms with E-state index in [1.807, 2.05) is 41.5 Å². The molecule has 15 rings (SSSR count). The van der Waals surface area contributed by atoms with E-state index < -0.39 is 35.6 Å². The van der Waals surface area contributed by atoms with E-state index in [4.69, 9.17) is 0 Å². The summed E-state index contributed by atoms with van der Waals surface area (Å²) in [6.07, 6.45) is 21.4. The number of rotatable bonds is 12. The van der Waals surface area contributed by atoms with Crippen LogP contribution in [0.3, 0.4) is 0 Å². The van der Waals surface area contributed by atoms with Gasteiger partial charge >= 0.3 is 0 Å². The maximum Gasteiger partial charge on any atom is 0.228 e. The van der Waals surface area contributed by atoms with E-state index in [0.717, 1.165) is 69.4 Å². The number of nitrogens with zero attached hydrogens (tertiary/aromatic N) is 18. The Labute approximate surface area is 552 Å². The van der Waals surface area contributed by atoms with Crippen LogP contribution in [0.25, 0.3) is 51.1 Å². The second-order valence-electron chi connectivity index (χ2n) is 23.0. The zero-order valence-corrected chi connectivity index (χ0v) is 51.9. The van der Waals surface area contributed by atoms with Gasteiger partial charge in [-0.2, -0.15) is 47.7 Å². The molecule has 12 aromatic rings. The first-order valence-corrected chi connectivity index (χ1v) is 30.7. The third-order valence-electron chi connectivity index (χ3n) is 15.7. The number of carbonyl (C=O) groups excluding carboxylic acids is 3. The van der Waals surface area contributed by atoms with Gasteiger partial charge in [0.05, 0.1) is 111 Å². The van der Waals surface area contributed by atoms with Crippen LogP contribution in [-0.4, -0.2) is 145 Å². The fraction of sp³-hybridized carbons (Fsp3) is 0.344. The monoisotopic (exact) mass is 1330 g/mol. The number of H-pyrrole nitrogens is 3. The van der Waals surface area contributed by atoms with Crippen molar-refractivity contribution in [2.45, 2.75) is 138 Å². The van der Waals surface area contributed by atoms with Gasteiger partial charge in [-0.25, -0.2) is 43.1 Å². The second kappa shape index (κ2) is 29.7. The van der Waals surface area contributed by atoms with Crippen molar-refractivity contribution < 1.29 is 31.4 Å². The third kappa shape index (κ3) is 14.6. The average molecular weight is 1330 g/mol. The van der Waals surface area contributed by atoms with Gasteiger partial charge in [-0.1, -0.05) is 63.8 Å². The van der Waals surface area contributed by atoms with Gasteiger partial charge in [-0.3, -0.25) is 29.3 Å². The maximum absolute atomic E-state index is 13.7. The van der Waals surface area contributed by atoms with Gasteiger partial charge in [0, 0.05) is 107 Å². The Bertz CT molecular complexity index is 4280. The van der Waals surface area contributed by atoms with Crippen LogP contribution in [-0.2, 0) is 52.9 Å². The molecule has 12 aromatic heterocycles. The fourth-order valence-corrected chi connectivity index (χ4v) is 10.9. The standard InChI is InChI=1S/3C20H19FN8O.CH3FS.3CH4/c3*1-10(2)13-8-25-29-19(13)27-18(11-3-12(21)7-22-6-11)28-20(29)26-16-4-14-15(5-17(16)30)24-9-23-14;1-3-2;;;/h3*3,6-10,16H,4-5H2,1-2H3,(H,23,24)(H,26,27,28);1H3;3*1H4/t3*16-;;;;/m100..../s1. The van der Waals surface area contributed by atoms with Gasteiger partial charge in [0.1, 0.15) is 17.5 Å². The van der Waals surface area contributed by atoms with Gasteiger partial charge in [-0.05, 0) is 36.0 Å². The number of ketones is 3. The summed E-state index contributed by atoms with van der Waals surface area (Å²) in [5, 5.41) is 22.9. The van der Waals surface area contributed by atoms with Gasteiger partial charge in [0.25, 0.3) is 0 Å². The van der Waals surface area contributed by atoms with E-state index in [-0.39, 0.29) is 88.8 Å². The number of imidazole rings is 3. The number of aromatic amines is 3. The first-order valence-electron chi connectivity index (χ1n) is 29.6. The zero-order valence-electron chi connectivity index (χ0n) is 51.1. The summed E-state index contributed by atoms with van der Waals surface area (Å²) in [6, 6.07) is 2.50. The quantitative estimate of drug-likeness (QED) is 0.0619. The molecule has 3 aliphatic carbocycles. The highest BCUT2D eigenvalue weighted by Crippen LogP contribution is 2.31. The predicted octanol–water partition coefficient (Wildman–Crippen LogP) is 10.1. The highest BCUT2D eigenvalue weighted by molar-refractivity contribution is 7.93. The summed E-state index contributed by atoms with van der Waals surface area (Å²) >= 11 is 0.250. The largest absolute Gasteiger partial charge is 0.348 e. The smallest absolute Gasteiger partial charge is 0.228 e. The summed E-state index contributed by atoms with van der Waals surface area (Å²) < 4.78 is 56.2. The zero-order chi connectivity index (χ0) is 65.2. The molecular formula is C64H72F4N24O3S. The van der Waals surface area contributed by atoms with Crippen molar-refractivity contribution in [1.29, 1.82) is 0 Å². The number of fused-ring (bicyclic) bond motifs is 6. The van der Waals surface area contributed by atoms with Crippen LogP contribution in [0.1, 0.15) is 132 Å². The highest BCUT2D eigenvalue weighted by atomic mass is 32.2. The molecule has 3 aliphatic rings. The number of hydrogen-bond acceptors (Lipinski definition) is 22. The molecule has 0 aromatic carbocycles. The molecule has 96 heavy (non-hydrogen) atoms. The molecule has 0 spiro atoms. The summed E-state index contributed by atoms with van der Waals surface area (Å²) in [5.74, 6) is 1.20. The molecule has 32 heteroatoms. The van der Waals surface area contributed by atoms with Crippen LogP contribution in [0.15, 0.2) is 93.0 Å². The molecule has 3 atom stereocenters. The molecular weight excluding hydrogens is 1260 g/mol. The molecule has 0 unspecified atom stereocenters. The van der Waals surface area contributed by atoms with Crippen LogP contribution < -0.4 is 16.0 Å². The number of halogens is 4. The minimum Gasteiger partial charge on any atom is -0.348 e. The molecule has 6 N–H and O–H groups in total. The Balaban J connectivity index is 0.000000163. The lowest BCUT2D eigenvalue weighted by Gasteiger charge is -2.22. The number of pyridine rings is 3. The fourth-order valence-electron chi connectivity index (χ4n) is 10.9. The van der Waals surface area contributed by atoms with Crippen LogP contribution in [0.5, 0.6) is 0 Å². The molecule has 0 fully saturated rings. The molecule has 12 heterocycles. The van der Waals surface area contributed by atoms with E-state index in [2.05, 4.69) is 106 Å². The Kier molecular flexibility index (Phi) is 21.5. The molecule has 0 bridgehead atoms. The topological polar surface area (TPSA) is 341 Å². The van der Waals surface area contributed by atoms with Crippen molar-refractivity contribution in [3.05, 3.63) is 161 Å². The number of anilines is 3. The SMILES string of the molecule is C.C.C.CC(C)c1cnn2c(N[C@@H]3Cc4nc[nH]c4CC3=O)nc(-c3cncc(F)c3)nc12.CC(C)c1cnn2c(N[C@H]3Cc4nc[nH]c4CC3=O)nc(-c3cncc(F)c3)nc12.CC(C)c1cnn2c(N[C@H]3Cc4nc[nH]c4CC3=O)nc(-c3cncc(F)c3)nc12.CSF. The lowest BCUT2D eigenvalue weighted by atomic mass is 9.95. The van der Waals surface area contributed by atoms with Crippen LogP contribution in [0.2, 0.25) is 0 Å². The number of Topliss-reactive ketones (excluding diaryl/α,β-unsaturated/α-hetero) is 3. The molecule has 0 amide bonds. The van der Waals surface area contributed by atoms with Crippen molar-refractivity contribution in [3.8, 4) is 34.2 Å². The Morgan fingerprint density at radius 3 is 0.969 bits per heavy atom. The van der Waals surface area contributed by atoms with E-state index in [1.165, 1.54) is 43.0 Å². The van der Waals surface area contributed by atoms with Crippen LogP contribution in [0, 0.1) is 17.5 Å². The molecule has 0 saturated carbocycles. The van der Waals surface area contributed by atoms with Crippen LogP contribution >= 0.6 is 12.1 Å². The van der Waals surface area contributed by atoms with Crippen molar-refractivity contribution in [1.82, 2.24) is 104 Å². The molecule has 0 radical (unpaired) electrons. The number of carbonyl (C=O) groups is 3. The van der Waals surface area contributed by atoms with Gasteiger partial charge in [0.15, 0.2) is 51.8 Å². The first kappa shape index (κ1) is 69.5.